The van der Waals surface area contributed by atoms with Gasteiger partial charge in [-0.1, -0.05) is 0 Å². The summed E-state index contributed by atoms with van der Waals surface area (Å²) in [6.07, 6.45) is 0. The van der Waals surface area contributed by atoms with Gasteiger partial charge < -0.3 is 4.74 Å². The minimum atomic E-state index is -1.16. The van der Waals surface area contributed by atoms with E-state index in [0.717, 1.165) is 0 Å². The summed E-state index contributed by atoms with van der Waals surface area (Å²) in [7, 11) is 1.21. The zero-order valence-electron chi connectivity index (χ0n) is 8.79. The van der Waals surface area contributed by atoms with Gasteiger partial charge in [0.15, 0.2) is 0 Å². The standard InChI is InChI=1S/C7H7FO/c1-9-7-4-2-6(8)3-5-7/h2-5H,1H3/i2D,3D,4D,5D. The van der Waals surface area contributed by atoms with Gasteiger partial charge in [0.1, 0.15) is 11.6 Å². The van der Waals surface area contributed by atoms with E-state index < -0.39 is 30.0 Å². The van der Waals surface area contributed by atoms with Gasteiger partial charge in [-0.2, -0.15) is 0 Å². The first-order valence-corrected chi connectivity index (χ1v) is 2.30. The Morgan fingerprint density at radius 3 is 2.44 bits per heavy atom. The summed E-state index contributed by atoms with van der Waals surface area (Å²) in [6, 6.07) is -2.42. The second kappa shape index (κ2) is 2.49. The third-order valence-corrected chi connectivity index (χ3v) is 0.776. The molecule has 0 radical (unpaired) electrons. The Labute approximate surface area is 58.7 Å². The van der Waals surface area contributed by atoms with Crippen LogP contribution in [0.25, 0.3) is 0 Å². The predicted octanol–water partition coefficient (Wildman–Crippen LogP) is 1.83. The number of hydrogen-bond acceptors (Lipinski definition) is 1. The SMILES string of the molecule is [2H]c1c([2H])c(OC)c([2H])c([2H])c1F. The van der Waals surface area contributed by atoms with Crippen molar-refractivity contribution in [3.8, 4) is 5.75 Å². The van der Waals surface area contributed by atoms with Crippen LogP contribution >= 0.6 is 0 Å². The van der Waals surface area contributed by atoms with E-state index in [1.165, 1.54) is 7.11 Å². The topological polar surface area (TPSA) is 9.23 Å². The fourth-order valence-electron chi connectivity index (χ4n) is 0.388. The molecule has 0 aromatic heterocycles. The first kappa shape index (κ1) is 2.69. The molecule has 0 saturated carbocycles. The highest BCUT2D eigenvalue weighted by atomic mass is 19.1. The molecular formula is C7H7FO. The van der Waals surface area contributed by atoms with Crippen LogP contribution < -0.4 is 4.74 Å². The van der Waals surface area contributed by atoms with Gasteiger partial charge in [0.05, 0.1) is 12.6 Å². The molecule has 2 heteroatoms. The minimum absolute atomic E-state index is 0.239. The van der Waals surface area contributed by atoms with Crippen LogP contribution in [0.4, 0.5) is 4.39 Å². The third-order valence-electron chi connectivity index (χ3n) is 0.776. The van der Waals surface area contributed by atoms with Crippen LogP contribution in [0, 0.1) is 5.82 Å². The van der Waals surface area contributed by atoms with Crippen molar-refractivity contribution < 1.29 is 14.6 Å². The van der Waals surface area contributed by atoms with Gasteiger partial charge in [0.25, 0.3) is 0 Å². The van der Waals surface area contributed by atoms with Crippen molar-refractivity contribution in [3.05, 3.63) is 30.0 Å². The number of rotatable bonds is 1. The molecule has 1 rings (SSSR count). The maximum Gasteiger partial charge on any atom is 0.123 e. The summed E-state index contributed by atoms with van der Waals surface area (Å²) >= 11 is 0. The fraction of sp³-hybridized carbons (Fsp3) is 0.143. The summed E-state index contributed by atoms with van der Waals surface area (Å²) in [5, 5.41) is 0. The van der Waals surface area contributed by atoms with Crippen molar-refractivity contribution in [2.45, 2.75) is 0 Å². The molecule has 0 amide bonds. The second-order valence-electron chi connectivity index (χ2n) is 1.35. The summed E-state index contributed by atoms with van der Waals surface area (Å²) in [6.45, 7) is 0. The maximum atomic E-state index is 12.9. The molecule has 0 N–H and O–H groups in total. The second-order valence-corrected chi connectivity index (χ2v) is 1.35. The Morgan fingerprint density at radius 1 is 1.44 bits per heavy atom. The van der Waals surface area contributed by atoms with Gasteiger partial charge >= 0.3 is 0 Å². The highest BCUT2D eigenvalue weighted by Crippen LogP contribution is 2.08. The van der Waals surface area contributed by atoms with Crippen LogP contribution in [0.15, 0.2) is 24.2 Å². The molecule has 0 fully saturated rings. The molecule has 48 valence electrons. The van der Waals surface area contributed by atoms with Crippen molar-refractivity contribution in [1.29, 1.82) is 0 Å². The molecule has 0 bridgehead atoms. The van der Waals surface area contributed by atoms with E-state index in [-0.39, 0.29) is 5.75 Å². The van der Waals surface area contributed by atoms with Crippen molar-refractivity contribution >= 4 is 0 Å². The maximum absolute atomic E-state index is 12.9. The van der Waals surface area contributed by atoms with Gasteiger partial charge in [-0.15, -0.1) is 0 Å². The molecule has 0 spiro atoms. The zero-order chi connectivity index (χ0) is 10.2. The third kappa shape index (κ3) is 1.42. The largest absolute Gasteiger partial charge is 0.497 e. The molecule has 0 aliphatic rings. The lowest BCUT2D eigenvalue weighted by molar-refractivity contribution is 0.413. The van der Waals surface area contributed by atoms with Crippen molar-refractivity contribution in [2.24, 2.45) is 0 Å². The van der Waals surface area contributed by atoms with Crippen molar-refractivity contribution in [1.82, 2.24) is 0 Å². The van der Waals surface area contributed by atoms with Crippen LogP contribution in [0.1, 0.15) is 5.48 Å². The molecular weight excluding hydrogens is 119 g/mol. The van der Waals surface area contributed by atoms with E-state index >= 15 is 0 Å². The normalized spacial score (nSPS) is 15.3. The molecule has 9 heavy (non-hydrogen) atoms. The number of hydrogen-bond donors (Lipinski definition) is 0. The summed E-state index contributed by atoms with van der Waals surface area (Å²) < 4.78 is 46.1. The number of benzene rings is 1. The average molecular weight is 130 g/mol. The molecule has 0 aliphatic heterocycles. The van der Waals surface area contributed by atoms with E-state index in [1.54, 1.807) is 0 Å². The fourth-order valence-corrected chi connectivity index (χ4v) is 0.388. The van der Waals surface area contributed by atoms with E-state index in [9.17, 15) is 4.39 Å². The van der Waals surface area contributed by atoms with Gasteiger partial charge in [0.2, 0.25) is 0 Å². The molecule has 0 saturated heterocycles. The Kier molecular flexibility index (Phi) is 0.743. The first-order valence-electron chi connectivity index (χ1n) is 4.30. The van der Waals surface area contributed by atoms with Crippen molar-refractivity contribution in [2.75, 3.05) is 7.11 Å². The number of ether oxygens (including phenoxy) is 1. The Morgan fingerprint density at radius 2 is 2.00 bits per heavy atom. The molecule has 0 atom stereocenters. The van der Waals surface area contributed by atoms with Gasteiger partial charge in [-0.3, -0.25) is 0 Å². The quantitative estimate of drug-likeness (QED) is 0.563. The van der Waals surface area contributed by atoms with Crippen molar-refractivity contribution in [3.63, 3.8) is 0 Å². The summed E-state index contributed by atoms with van der Waals surface area (Å²) in [5.74, 6) is -1.40. The lowest BCUT2D eigenvalue weighted by Gasteiger charge is -1.95. The van der Waals surface area contributed by atoms with Crippen LogP contribution in [0.5, 0.6) is 5.75 Å². The lowest BCUT2D eigenvalue weighted by atomic mass is 10.3. The van der Waals surface area contributed by atoms with E-state index in [2.05, 4.69) is 4.74 Å². The Hall–Kier alpha value is -1.05. The van der Waals surface area contributed by atoms with Crippen LogP contribution in [0.3, 0.4) is 0 Å². The summed E-state index contributed by atoms with van der Waals surface area (Å²) in [5.41, 5.74) is 0. The first-order chi connectivity index (χ1) is 6.00. The van der Waals surface area contributed by atoms with E-state index in [1.807, 2.05) is 0 Å². The Balaban J connectivity index is 3.56. The van der Waals surface area contributed by atoms with E-state index in [0.29, 0.717) is 0 Å². The average Bonchev–Trinajstić information content (AvgIpc) is 2.13. The molecule has 0 heterocycles. The smallest absolute Gasteiger partial charge is 0.123 e. The molecule has 1 aromatic rings. The highest BCUT2D eigenvalue weighted by Gasteiger charge is 1.88. The van der Waals surface area contributed by atoms with Crippen LogP contribution in [0.2, 0.25) is 0 Å². The van der Waals surface area contributed by atoms with Gasteiger partial charge in [-0.05, 0) is 24.2 Å². The highest BCUT2D eigenvalue weighted by molar-refractivity contribution is 5.21. The number of halogens is 1. The molecule has 1 aromatic carbocycles. The monoisotopic (exact) mass is 130 g/mol. The lowest BCUT2D eigenvalue weighted by Crippen LogP contribution is -1.80. The zero-order valence-corrected chi connectivity index (χ0v) is 4.79. The molecule has 0 unspecified atom stereocenters. The van der Waals surface area contributed by atoms with Gasteiger partial charge in [0, 0.05) is 0 Å². The van der Waals surface area contributed by atoms with Crippen LogP contribution in [-0.4, -0.2) is 7.11 Å². The Bertz CT molecular complexity index is 324. The minimum Gasteiger partial charge on any atom is -0.497 e. The van der Waals surface area contributed by atoms with E-state index in [4.69, 9.17) is 5.48 Å². The number of methoxy groups -OCH3 is 1. The van der Waals surface area contributed by atoms with Gasteiger partial charge in [-0.25, -0.2) is 4.39 Å². The van der Waals surface area contributed by atoms with Crippen LogP contribution in [-0.2, 0) is 0 Å². The molecule has 0 aliphatic carbocycles. The summed E-state index contributed by atoms with van der Waals surface area (Å²) in [4.78, 5) is 0. The molecule has 1 nitrogen and oxygen atoms in total. The predicted molar refractivity (Wildman–Crippen MR) is 33.0 cm³/mol.